The van der Waals surface area contributed by atoms with E-state index in [1.165, 1.54) is 0 Å². The van der Waals surface area contributed by atoms with Crippen LogP contribution in [0.3, 0.4) is 0 Å². The average molecular weight is 254 g/mol. The molecule has 1 fully saturated rings. The van der Waals surface area contributed by atoms with Gasteiger partial charge in [0.25, 0.3) is 0 Å². The minimum atomic E-state index is -0.113. The molecule has 0 aliphatic carbocycles. The van der Waals surface area contributed by atoms with Gasteiger partial charge in [-0.3, -0.25) is 0 Å². The van der Waals surface area contributed by atoms with Gasteiger partial charge in [0.1, 0.15) is 11.4 Å². The number of methoxy groups -OCH3 is 1. The first-order valence-corrected chi connectivity index (χ1v) is 6.32. The molecule has 3 rings (SSSR count). The molecule has 17 heavy (non-hydrogen) atoms. The van der Waals surface area contributed by atoms with Gasteiger partial charge in [-0.05, 0) is 18.7 Å². The monoisotopic (exact) mass is 253 g/mol. The lowest BCUT2D eigenvalue weighted by molar-refractivity contribution is -0.0202. The molecule has 0 aromatic heterocycles. The van der Waals surface area contributed by atoms with Crippen molar-refractivity contribution in [2.24, 2.45) is 0 Å². The average Bonchev–Trinajstić information content (AvgIpc) is 2.75. The number of hydrogen-bond acceptors (Lipinski definition) is 3. The predicted molar refractivity (Wildman–Crippen MR) is 66.7 cm³/mol. The Morgan fingerprint density at radius 3 is 3.12 bits per heavy atom. The highest BCUT2D eigenvalue weighted by Gasteiger charge is 2.43. The summed E-state index contributed by atoms with van der Waals surface area (Å²) in [5.41, 5.74) is 0.993. The molecule has 3 nitrogen and oxygen atoms in total. The van der Waals surface area contributed by atoms with Crippen LogP contribution in [-0.2, 0) is 4.74 Å². The maximum absolute atomic E-state index is 6.17. The highest BCUT2D eigenvalue weighted by molar-refractivity contribution is 6.30. The molecule has 0 amide bonds. The Kier molecular flexibility index (Phi) is 2.77. The van der Waals surface area contributed by atoms with Gasteiger partial charge >= 0.3 is 0 Å². The summed E-state index contributed by atoms with van der Waals surface area (Å²) >= 11 is 6.03. The standard InChI is InChI=1S/C13H16ClNO2/c1-16-12-7-13(4-5-15-8-13)17-11-6-9(14)2-3-10(11)12/h2-3,6,12,15H,4-5,7-8H2,1H3. The van der Waals surface area contributed by atoms with Crippen molar-refractivity contribution in [3.8, 4) is 5.75 Å². The number of halogens is 1. The number of rotatable bonds is 1. The molecule has 0 saturated carbocycles. The lowest BCUT2D eigenvalue weighted by atomic mass is 9.88. The molecule has 1 N–H and O–H groups in total. The zero-order valence-corrected chi connectivity index (χ0v) is 10.6. The van der Waals surface area contributed by atoms with Crippen molar-refractivity contribution in [2.75, 3.05) is 20.2 Å². The van der Waals surface area contributed by atoms with Crippen molar-refractivity contribution >= 4 is 11.6 Å². The van der Waals surface area contributed by atoms with E-state index in [4.69, 9.17) is 21.1 Å². The molecule has 1 aromatic rings. The van der Waals surface area contributed by atoms with Gasteiger partial charge in [-0.15, -0.1) is 0 Å². The highest BCUT2D eigenvalue weighted by Crippen LogP contribution is 2.44. The normalized spacial score (nSPS) is 31.3. The first-order valence-electron chi connectivity index (χ1n) is 5.94. The molecule has 1 aromatic carbocycles. The van der Waals surface area contributed by atoms with Crippen LogP contribution in [-0.4, -0.2) is 25.8 Å². The number of ether oxygens (including phenoxy) is 2. The Morgan fingerprint density at radius 1 is 1.53 bits per heavy atom. The largest absolute Gasteiger partial charge is 0.485 e. The molecule has 1 spiro atoms. The Hall–Kier alpha value is -0.770. The molecular weight excluding hydrogens is 238 g/mol. The fourth-order valence-electron chi connectivity index (χ4n) is 2.78. The Labute approximate surface area is 106 Å². The molecule has 2 aliphatic heterocycles. The Balaban J connectivity index is 2.00. The van der Waals surface area contributed by atoms with E-state index in [2.05, 4.69) is 5.32 Å². The minimum absolute atomic E-state index is 0.107. The van der Waals surface area contributed by atoms with Crippen LogP contribution in [0.15, 0.2) is 18.2 Å². The fourth-order valence-corrected chi connectivity index (χ4v) is 2.94. The van der Waals surface area contributed by atoms with E-state index in [9.17, 15) is 0 Å². The van der Waals surface area contributed by atoms with E-state index in [0.717, 1.165) is 37.2 Å². The molecule has 2 unspecified atom stereocenters. The van der Waals surface area contributed by atoms with Crippen LogP contribution in [0.2, 0.25) is 5.02 Å². The van der Waals surface area contributed by atoms with Crippen molar-refractivity contribution in [2.45, 2.75) is 24.5 Å². The molecule has 92 valence electrons. The van der Waals surface area contributed by atoms with Gasteiger partial charge in [0, 0.05) is 37.1 Å². The molecule has 2 atom stereocenters. The maximum atomic E-state index is 6.17. The van der Waals surface area contributed by atoms with Crippen molar-refractivity contribution in [3.05, 3.63) is 28.8 Å². The van der Waals surface area contributed by atoms with Gasteiger partial charge in [0.05, 0.1) is 6.10 Å². The first-order chi connectivity index (χ1) is 8.22. The summed E-state index contributed by atoms with van der Waals surface area (Å²) in [7, 11) is 1.75. The minimum Gasteiger partial charge on any atom is -0.485 e. The summed E-state index contributed by atoms with van der Waals surface area (Å²) in [5.74, 6) is 0.874. The summed E-state index contributed by atoms with van der Waals surface area (Å²) < 4.78 is 11.8. The third kappa shape index (κ3) is 1.92. The molecule has 0 bridgehead atoms. The van der Waals surface area contributed by atoms with Gasteiger partial charge in [0.15, 0.2) is 0 Å². The van der Waals surface area contributed by atoms with E-state index < -0.39 is 0 Å². The van der Waals surface area contributed by atoms with Crippen LogP contribution < -0.4 is 10.1 Å². The molecule has 2 aliphatic rings. The Morgan fingerprint density at radius 2 is 2.41 bits per heavy atom. The highest BCUT2D eigenvalue weighted by atomic mass is 35.5. The van der Waals surface area contributed by atoms with E-state index in [1.807, 2.05) is 18.2 Å². The van der Waals surface area contributed by atoms with Gasteiger partial charge < -0.3 is 14.8 Å². The summed E-state index contributed by atoms with van der Waals surface area (Å²) in [6.45, 7) is 1.89. The zero-order valence-electron chi connectivity index (χ0n) is 9.83. The Bertz CT molecular complexity index is 429. The number of hydrogen-bond donors (Lipinski definition) is 1. The number of benzene rings is 1. The van der Waals surface area contributed by atoms with E-state index in [-0.39, 0.29) is 11.7 Å². The van der Waals surface area contributed by atoms with Gasteiger partial charge in [-0.25, -0.2) is 0 Å². The second-order valence-corrected chi connectivity index (χ2v) is 5.26. The molecule has 4 heteroatoms. The van der Waals surface area contributed by atoms with Gasteiger partial charge in [-0.2, -0.15) is 0 Å². The topological polar surface area (TPSA) is 30.5 Å². The van der Waals surface area contributed by atoms with Crippen LogP contribution in [0.25, 0.3) is 0 Å². The third-order valence-corrected chi connectivity index (χ3v) is 3.93. The van der Waals surface area contributed by atoms with Crippen molar-refractivity contribution in [1.82, 2.24) is 5.32 Å². The second-order valence-electron chi connectivity index (χ2n) is 4.82. The van der Waals surface area contributed by atoms with Crippen LogP contribution in [0.1, 0.15) is 24.5 Å². The van der Waals surface area contributed by atoms with Gasteiger partial charge in [-0.1, -0.05) is 17.7 Å². The predicted octanol–water partition coefficient (Wildman–Crippen LogP) is 2.54. The summed E-state index contributed by atoms with van der Waals surface area (Å²) in [6, 6.07) is 5.78. The first kappa shape index (κ1) is 11.3. The van der Waals surface area contributed by atoms with Crippen LogP contribution >= 0.6 is 11.6 Å². The number of fused-ring (bicyclic) bond motifs is 1. The lowest BCUT2D eigenvalue weighted by Crippen LogP contribution is -2.43. The maximum Gasteiger partial charge on any atom is 0.127 e. The lowest BCUT2D eigenvalue weighted by Gasteiger charge is -2.38. The summed E-state index contributed by atoms with van der Waals surface area (Å²) in [5, 5.41) is 4.07. The van der Waals surface area contributed by atoms with Crippen LogP contribution in [0.5, 0.6) is 5.75 Å². The third-order valence-electron chi connectivity index (χ3n) is 3.70. The summed E-state index contributed by atoms with van der Waals surface area (Å²) in [6.07, 6.45) is 2.04. The second kappa shape index (κ2) is 4.16. The summed E-state index contributed by atoms with van der Waals surface area (Å²) in [4.78, 5) is 0. The van der Waals surface area contributed by atoms with Crippen LogP contribution in [0, 0.1) is 0 Å². The van der Waals surface area contributed by atoms with Crippen molar-refractivity contribution in [1.29, 1.82) is 0 Å². The molecule has 1 saturated heterocycles. The van der Waals surface area contributed by atoms with E-state index in [1.54, 1.807) is 7.11 Å². The van der Waals surface area contributed by atoms with Gasteiger partial charge in [0.2, 0.25) is 0 Å². The molecule has 0 radical (unpaired) electrons. The zero-order chi connectivity index (χ0) is 11.9. The SMILES string of the molecule is COC1CC2(CCNC2)Oc2cc(Cl)ccc21. The quantitative estimate of drug-likeness (QED) is 0.834. The fraction of sp³-hybridized carbons (Fsp3) is 0.538. The van der Waals surface area contributed by atoms with Crippen molar-refractivity contribution in [3.63, 3.8) is 0 Å². The van der Waals surface area contributed by atoms with E-state index in [0.29, 0.717) is 5.02 Å². The number of nitrogens with one attached hydrogen (secondary N) is 1. The van der Waals surface area contributed by atoms with Crippen molar-refractivity contribution < 1.29 is 9.47 Å². The smallest absolute Gasteiger partial charge is 0.127 e. The van der Waals surface area contributed by atoms with E-state index >= 15 is 0 Å². The molecule has 2 heterocycles. The van der Waals surface area contributed by atoms with Crippen LogP contribution in [0.4, 0.5) is 0 Å². The molecular formula is C13H16ClNO2.